The van der Waals surface area contributed by atoms with Crippen LogP contribution in [-0.4, -0.2) is 31.2 Å². The maximum atomic E-state index is 3.76. The lowest BCUT2D eigenvalue weighted by molar-refractivity contribution is -0.892. The Morgan fingerprint density at radius 2 is 1.58 bits per heavy atom. The zero-order chi connectivity index (χ0) is 9.45. The molecule has 0 N–H and O–H groups in total. The maximum absolute atomic E-state index is 3.76. The first-order valence-electron chi connectivity index (χ1n) is 4.35. The average Bonchev–Trinajstić information content (AvgIpc) is 2.02. The molecule has 0 aliphatic rings. The fourth-order valence-corrected chi connectivity index (χ4v) is 1.21. The van der Waals surface area contributed by atoms with E-state index in [9.17, 15) is 0 Å². The third kappa shape index (κ3) is 4.14. The van der Waals surface area contributed by atoms with Crippen molar-refractivity contribution in [3.63, 3.8) is 0 Å². The van der Waals surface area contributed by atoms with Crippen LogP contribution in [0.5, 0.6) is 0 Å². The van der Waals surface area contributed by atoms with Crippen LogP contribution in [0.25, 0.3) is 0 Å². The van der Waals surface area contributed by atoms with Gasteiger partial charge in [0.2, 0.25) is 0 Å². The standard InChI is InChI=1S/C11H20N/c1-5-8-11-12(4,9-6-2)10-7-3/h5-8H,2-3,9-11H2,1,4H3/q+1. The molecule has 0 aliphatic carbocycles. The minimum atomic E-state index is 0.970. The van der Waals surface area contributed by atoms with E-state index in [2.05, 4.69) is 32.4 Å². The Morgan fingerprint density at radius 1 is 1.08 bits per heavy atom. The number of likely N-dealkylation sites (N-methyl/N-ethyl adjacent to an activating group) is 1. The second-order valence-electron chi connectivity index (χ2n) is 3.31. The smallest absolute Gasteiger partial charge is 0.0976 e. The van der Waals surface area contributed by atoms with Crippen molar-refractivity contribution >= 4 is 0 Å². The second-order valence-corrected chi connectivity index (χ2v) is 3.31. The molecule has 0 saturated carbocycles. The molecule has 0 unspecified atom stereocenters. The summed E-state index contributed by atoms with van der Waals surface area (Å²) in [4.78, 5) is 0. The third-order valence-corrected chi connectivity index (χ3v) is 1.92. The maximum Gasteiger partial charge on any atom is 0.0976 e. The van der Waals surface area contributed by atoms with Crippen LogP contribution in [0.3, 0.4) is 0 Å². The van der Waals surface area contributed by atoms with Crippen molar-refractivity contribution in [2.24, 2.45) is 0 Å². The molecule has 0 spiro atoms. The zero-order valence-corrected chi connectivity index (χ0v) is 8.29. The van der Waals surface area contributed by atoms with Crippen molar-refractivity contribution in [2.45, 2.75) is 6.92 Å². The quantitative estimate of drug-likeness (QED) is 0.420. The highest BCUT2D eigenvalue weighted by Crippen LogP contribution is 2.02. The van der Waals surface area contributed by atoms with E-state index in [1.165, 1.54) is 0 Å². The SMILES string of the molecule is C=CC[N+](C)(CC=C)CC=CC. The minimum absolute atomic E-state index is 0.970. The molecule has 0 heterocycles. The van der Waals surface area contributed by atoms with Crippen molar-refractivity contribution in [1.82, 2.24) is 0 Å². The van der Waals surface area contributed by atoms with Gasteiger partial charge in [-0.2, -0.15) is 0 Å². The van der Waals surface area contributed by atoms with Gasteiger partial charge in [0.25, 0.3) is 0 Å². The molecule has 0 bridgehead atoms. The van der Waals surface area contributed by atoms with Gasteiger partial charge in [-0.3, -0.25) is 0 Å². The number of hydrogen-bond acceptors (Lipinski definition) is 0. The molecule has 0 atom stereocenters. The molecule has 0 amide bonds. The van der Waals surface area contributed by atoms with E-state index in [4.69, 9.17) is 0 Å². The van der Waals surface area contributed by atoms with Gasteiger partial charge in [0.1, 0.15) is 0 Å². The van der Waals surface area contributed by atoms with Crippen molar-refractivity contribution < 1.29 is 4.48 Å². The number of quaternary nitrogens is 1. The number of rotatable bonds is 6. The largest absolute Gasteiger partial charge is 0.316 e. The Balaban J connectivity index is 4.15. The van der Waals surface area contributed by atoms with E-state index in [1.807, 2.05) is 19.1 Å². The molecular formula is C11H20N+. The number of hydrogen-bond donors (Lipinski definition) is 0. The van der Waals surface area contributed by atoms with Gasteiger partial charge in [0.15, 0.2) is 0 Å². The molecule has 0 aromatic rings. The normalized spacial score (nSPS) is 11.8. The van der Waals surface area contributed by atoms with Crippen LogP contribution in [0.2, 0.25) is 0 Å². The van der Waals surface area contributed by atoms with Crippen LogP contribution in [-0.2, 0) is 0 Å². The first kappa shape index (κ1) is 11.2. The summed E-state index contributed by atoms with van der Waals surface area (Å²) in [6, 6.07) is 0. The molecule has 1 heteroatoms. The van der Waals surface area contributed by atoms with Gasteiger partial charge in [-0.1, -0.05) is 19.2 Å². The molecular weight excluding hydrogens is 146 g/mol. The third-order valence-electron chi connectivity index (χ3n) is 1.92. The topological polar surface area (TPSA) is 0 Å². The summed E-state index contributed by atoms with van der Waals surface area (Å²) in [6.45, 7) is 12.6. The Morgan fingerprint density at radius 3 is 1.92 bits per heavy atom. The lowest BCUT2D eigenvalue weighted by Crippen LogP contribution is -2.44. The van der Waals surface area contributed by atoms with Gasteiger partial charge in [-0.05, 0) is 25.2 Å². The summed E-state index contributed by atoms with van der Waals surface area (Å²) >= 11 is 0. The van der Waals surface area contributed by atoms with Crippen molar-refractivity contribution in [2.75, 3.05) is 26.7 Å². The van der Waals surface area contributed by atoms with Crippen LogP contribution in [0.4, 0.5) is 0 Å². The molecule has 12 heavy (non-hydrogen) atoms. The van der Waals surface area contributed by atoms with Crippen LogP contribution < -0.4 is 0 Å². The fourth-order valence-electron chi connectivity index (χ4n) is 1.21. The molecule has 1 nitrogen and oxygen atoms in total. The van der Waals surface area contributed by atoms with Gasteiger partial charge in [-0.15, -0.1) is 0 Å². The summed E-state index contributed by atoms with van der Waals surface area (Å²) in [5, 5.41) is 0. The van der Waals surface area contributed by atoms with Crippen molar-refractivity contribution in [1.29, 1.82) is 0 Å². The molecule has 0 aliphatic heterocycles. The van der Waals surface area contributed by atoms with E-state index in [-0.39, 0.29) is 0 Å². The average molecular weight is 166 g/mol. The van der Waals surface area contributed by atoms with Gasteiger partial charge in [0, 0.05) is 0 Å². The van der Waals surface area contributed by atoms with E-state index in [1.54, 1.807) is 0 Å². The van der Waals surface area contributed by atoms with Gasteiger partial charge in [0.05, 0.1) is 26.7 Å². The second kappa shape index (κ2) is 5.78. The van der Waals surface area contributed by atoms with Gasteiger partial charge < -0.3 is 4.48 Å². The van der Waals surface area contributed by atoms with E-state index < -0.39 is 0 Å². The van der Waals surface area contributed by atoms with Crippen LogP contribution >= 0.6 is 0 Å². The molecule has 0 aromatic heterocycles. The van der Waals surface area contributed by atoms with Crippen molar-refractivity contribution in [3.05, 3.63) is 37.5 Å². The Kier molecular flexibility index (Phi) is 5.39. The Labute approximate surface area is 76.3 Å². The zero-order valence-electron chi connectivity index (χ0n) is 8.29. The Bertz CT molecular complexity index is 158. The highest BCUT2D eigenvalue weighted by molar-refractivity contribution is 4.79. The predicted octanol–water partition coefficient (Wildman–Crippen LogP) is 2.38. The summed E-state index contributed by atoms with van der Waals surface area (Å²) in [6.07, 6.45) is 8.20. The van der Waals surface area contributed by atoms with E-state index in [0.29, 0.717) is 0 Å². The lowest BCUT2D eigenvalue weighted by Gasteiger charge is -2.31. The summed E-state index contributed by atoms with van der Waals surface area (Å²) in [7, 11) is 2.21. The fraction of sp³-hybridized carbons (Fsp3) is 0.455. The molecule has 0 fully saturated rings. The first-order chi connectivity index (χ1) is 5.68. The number of nitrogens with zero attached hydrogens (tertiary/aromatic N) is 1. The van der Waals surface area contributed by atoms with Crippen molar-refractivity contribution in [3.8, 4) is 0 Å². The number of allylic oxidation sites excluding steroid dienone is 1. The summed E-state index contributed by atoms with van der Waals surface area (Å²) in [5.41, 5.74) is 0. The Hall–Kier alpha value is -0.820. The predicted molar refractivity (Wildman–Crippen MR) is 56.0 cm³/mol. The molecule has 0 saturated heterocycles. The first-order valence-corrected chi connectivity index (χ1v) is 4.35. The van der Waals surface area contributed by atoms with Gasteiger partial charge in [-0.25, -0.2) is 0 Å². The highest BCUT2D eigenvalue weighted by atomic mass is 15.3. The summed E-state index contributed by atoms with van der Waals surface area (Å²) in [5.74, 6) is 0. The monoisotopic (exact) mass is 166 g/mol. The molecule has 0 aromatic carbocycles. The minimum Gasteiger partial charge on any atom is -0.316 e. The molecule has 0 rings (SSSR count). The molecule has 68 valence electrons. The van der Waals surface area contributed by atoms with E-state index >= 15 is 0 Å². The summed E-state index contributed by atoms with van der Waals surface area (Å²) < 4.78 is 0.970. The van der Waals surface area contributed by atoms with E-state index in [0.717, 1.165) is 24.1 Å². The lowest BCUT2D eigenvalue weighted by atomic mass is 10.3. The van der Waals surface area contributed by atoms with Gasteiger partial charge >= 0.3 is 0 Å². The molecule has 0 radical (unpaired) electrons. The van der Waals surface area contributed by atoms with Crippen LogP contribution in [0.15, 0.2) is 37.5 Å². The van der Waals surface area contributed by atoms with Crippen LogP contribution in [0.1, 0.15) is 6.92 Å². The van der Waals surface area contributed by atoms with Crippen LogP contribution in [0, 0.1) is 0 Å². The highest BCUT2D eigenvalue weighted by Gasteiger charge is 2.14.